The maximum atomic E-state index is 11.8. The highest BCUT2D eigenvalue weighted by Gasteiger charge is 2.24. The van der Waals surface area contributed by atoms with Crippen molar-refractivity contribution >= 4 is 22.5 Å². The number of carbonyl (C=O) groups excluding carboxylic acids is 1. The summed E-state index contributed by atoms with van der Waals surface area (Å²) in [5.41, 5.74) is 4.15. The average molecular weight is 245 g/mol. The Balaban J connectivity index is 2.48. The second-order valence-corrected chi connectivity index (χ2v) is 4.71. The molecule has 0 radical (unpaired) electrons. The van der Waals surface area contributed by atoms with E-state index < -0.39 is 11.4 Å². The van der Waals surface area contributed by atoms with Crippen molar-refractivity contribution in [3.63, 3.8) is 0 Å². The first-order valence-electron chi connectivity index (χ1n) is 5.60. The standard InChI is InChI=1S/C13H15N3O2/c1-13(2,12(14)18)16-10-7-8-5-3-4-6-9(8)11(17)15-10/h3-7H,1-2H3,(H2,14,18)(H2,15,16,17). The maximum Gasteiger partial charge on any atom is 0.257 e. The van der Waals surface area contributed by atoms with Crippen LogP contribution in [0.5, 0.6) is 0 Å². The van der Waals surface area contributed by atoms with Gasteiger partial charge in [-0.25, -0.2) is 0 Å². The third kappa shape index (κ3) is 2.20. The topological polar surface area (TPSA) is 88.0 Å². The van der Waals surface area contributed by atoms with Gasteiger partial charge in [-0.05, 0) is 31.4 Å². The van der Waals surface area contributed by atoms with E-state index in [0.717, 1.165) is 5.39 Å². The lowest BCUT2D eigenvalue weighted by Crippen LogP contribution is -2.45. The average Bonchev–Trinajstić information content (AvgIpc) is 2.28. The molecule has 0 spiro atoms. The molecule has 2 rings (SSSR count). The summed E-state index contributed by atoms with van der Waals surface area (Å²) < 4.78 is 0. The number of carbonyl (C=O) groups is 1. The number of aromatic nitrogens is 1. The molecule has 0 aliphatic heterocycles. The highest BCUT2D eigenvalue weighted by molar-refractivity contribution is 5.88. The number of primary amides is 1. The van der Waals surface area contributed by atoms with Gasteiger partial charge in [0, 0.05) is 5.39 Å². The number of nitrogens with one attached hydrogen (secondary N) is 2. The fourth-order valence-corrected chi connectivity index (χ4v) is 1.68. The number of fused-ring (bicyclic) bond motifs is 1. The number of nitrogens with two attached hydrogens (primary N) is 1. The molecule has 18 heavy (non-hydrogen) atoms. The van der Waals surface area contributed by atoms with Gasteiger partial charge in [-0.3, -0.25) is 9.59 Å². The predicted molar refractivity (Wildman–Crippen MR) is 71.5 cm³/mol. The molecule has 1 aromatic carbocycles. The van der Waals surface area contributed by atoms with Crippen LogP contribution in [0.3, 0.4) is 0 Å². The van der Waals surface area contributed by atoms with Crippen molar-refractivity contribution < 1.29 is 4.79 Å². The summed E-state index contributed by atoms with van der Waals surface area (Å²) >= 11 is 0. The number of aromatic amines is 1. The minimum Gasteiger partial charge on any atom is -0.368 e. The van der Waals surface area contributed by atoms with Crippen molar-refractivity contribution in [2.75, 3.05) is 5.32 Å². The summed E-state index contributed by atoms with van der Waals surface area (Å²) in [6, 6.07) is 9.02. The van der Waals surface area contributed by atoms with Gasteiger partial charge in [0.05, 0.1) is 0 Å². The molecular formula is C13H15N3O2. The van der Waals surface area contributed by atoms with Crippen LogP contribution in [0.4, 0.5) is 5.82 Å². The molecule has 4 N–H and O–H groups in total. The fraction of sp³-hybridized carbons (Fsp3) is 0.231. The molecule has 1 amide bonds. The first-order chi connectivity index (χ1) is 8.40. The third-order valence-corrected chi connectivity index (χ3v) is 2.82. The van der Waals surface area contributed by atoms with Crippen LogP contribution >= 0.6 is 0 Å². The Morgan fingerprint density at radius 1 is 1.33 bits per heavy atom. The Morgan fingerprint density at radius 2 is 2.00 bits per heavy atom. The highest BCUT2D eigenvalue weighted by Crippen LogP contribution is 2.16. The van der Waals surface area contributed by atoms with Crippen LogP contribution < -0.4 is 16.6 Å². The van der Waals surface area contributed by atoms with Crippen molar-refractivity contribution in [2.24, 2.45) is 5.73 Å². The molecule has 0 atom stereocenters. The lowest BCUT2D eigenvalue weighted by molar-refractivity contribution is -0.121. The number of hydrogen-bond acceptors (Lipinski definition) is 3. The minimum absolute atomic E-state index is 0.198. The van der Waals surface area contributed by atoms with Gasteiger partial charge in [0.1, 0.15) is 11.4 Å². The second kappa shape index (κ2) is 4.18. The van der Waals surface area contributed by atoms with Crippen LogP contribution in [0.25, 0.3) is 10.8 Å². The van der Waals surface area contributed by atoms with Gasteiger partial charge in [0.25, 0.3) is 5.56 Å². The lowest BCUT2D eigenvalue weighted by atomic mass is 10.1. The van der Waals surface area contributed by atoms with Gasteiger partial charge in [0.2, 0.25) is 5.91 Å². The van der Waals surface area contributed by atoms with Crippen LogP contribution in [-0.2, 0) is 4.79 Å². The number of H-pyrrole nitrogens is 1. The Labute approximate surface area is 104 Å². The Bertz CT molecular complexity index is 659. The number of benzene rings is 1. The quantitative estimate of drug-likeness (QED) is 0.759. The molecule has 0 aliphatic carbocycles. The lowest BCUT2D eigenvalue weighted by Gasteiger charge is -2.23. The number of amides is 1. The van der Waals surface area contributed by atoms with Crippen molar-refractivity contribution in [1.29, 1.82) is 0 Å². The van der Waals surface area contributed by atoms with Crippen molar-refractivity contribution in [2.45, 2.75) is 19.4 Å². The summed E-state index contributed by atoms with van der Waals surface area (Å²) in [7, 11) is 0. The number of pyridine rings is 1. The fourth-order valence-electron chi connectivity index (χ4n) is 1.68. The summed E-state index contributed by atoms with van der Waals surface area (Å²) in [6.45, 7) is 3.31. The molecule has 0 bridgehead atoms. The molecule has 5 nitrogen and oxygen atoms in total. The summed E-state index contributed by atoms with van der Waals surface area (Å²) in [6.07, 6.45) is 0. The SMILES string of the molecule is CC(C)(Nc1cc2ccccc2c(=O)[nH]1)C(N)=O. The van der Waals surface area contributed by atoms with Crippen LogP contribution in [0.2, 0.25) is 0 Å². The first-order valence-corrected chi connectivity index (χ1v) is 5.60. The minimum atomic E-state index is -0.925. The monoisotopic (exact) mass is 245 g/mol. The smallest absolute Gasteiger partial charge is 0.257 e. The van der Waals surface area contributed by atoms with E-state index >= 15 is 0 Å². The van der Waals surface area contributed by atoms with Gasteiger partial charge in [0.15, 0.2) is 0 Å². The van der Waals surface area contributed by atoms with Gasteiger partial charge in [-0.1, -0.05) is 18.2 Å². The van der Waals surface area contributed by atoms with E-state index in [-0.39, 0.29) is 5.56 Å². The molecule has 0 saturated carbocycles. The number of anilines is 1. The van der Waals surface area contributed by atoms with Crippen molar-refractivity contribution in [3.8, 4) is 0 Å². The third-order valence-electron chi connectivity index (χ3n) is 2.82. The Morgan fingerprint density at radius 3 is 2.67 bits per heavy atom. The largest absolute Gasteiger partial charge is 0.368 e. The zero-order chi connectivity index (χ0) is 13.3. The van der Waals surface area contributed by atoms with E-state index in [9.17, 15) is 9.59 Å². The summed E-state index contributed by atoms with van der Waals surface area (Å²) in [5, 5.41) is 4.34. The van der Waals surface area contributed by atoms with E-state index in [0.29, 0.717) is 11.2 Å². The molecule has 1 aromatic heterocycles. The molecule has 0 unspecified atom stereocenters. The van der Waals surface area contributed by atoms with Gasteiger partial charge >= 0.3 is 0 Å². The Kier molecular flexibility index (Phi) is 2.82. The van der Waals surface area contributed by atoms with E-state index in [1.54, 1.807) is 32.0 Å². The van der Waals surface area contributed by atoms with Crippen LogP contribution in [0, 0.1) is 0 Å². The highest BCUT2D eigenvalue weighted by atomic mass is 16.1. The van der Waals surface area contributed by atoms with Crippen LogP contribution in [-0.4, -0.2) is 16.4 Å². The molecule has 94 valence electrons. The molecule has 2 aromatic rings. The second-order valence-electron chi connectivity index (χ2n) is 4.71. The molecular weight excluding hydrogens is 230 g/mol. The molecule has 0 fully saturated rings. The van der Waals surface area contributed by atoms with Gasteiger partial charge < -0.3 is 16.0 Å². The number of hydrogen-bond donors (Lipinski definition) is 3. The molecule has 0 saturated heterocycles. The molecule has 0 aliphatic rings. The zero-order valence-electron chi connectivity index (χ0n) is 10.3. The summed E-state index contributed by atoms with van der Waals surface area (Å²) in [5.74, 6) is -0.0148. The van der Waals surface area contributed by atoms with Gasteiger partial charge in [-0.15, -0.1) is 0 Å². The number of rotatable bonds is 3. The molecule has 1 heterocycles. The first kappa shape index (κ1) is 12.2. The van der Waals surface area contributed by atoms with Gasteiger partial charge in [-0.2, -0.15) is 0 Å². The maximum absolute atomic E-state index is 11.8. The van der Waals surface area contributed by atoms with E-state index in [4.69, 9.17) is 5.73 Å². The summed E-state index contributed by atoms with van der Waals surface area (Å²) in [4.78, 5) is 25.8. The zero-order valence-corrected chi connectivity index (χ0v) is 10.3. The van der Waals surface area contributed by atoms with Crippen molar-refractivity contribution in [1.82, 2.24) is 4.98 Å². The van der Waals surface area contributed by atoms with E-state index in [2.05, 4.69) is 10.3 Å². The normalized spacial score (nSPS) is 11.4. The Hall–Kier alpha value is -2.30. The van der Waals surface area contributed by atoms with Crippen LogP contribution in [0.1, 0.15) is 13.8 Å². The van der Waals surface area contributed by atoms with Crippen LogP contribution in [0.15, 0.2) is 35.1 Å². The van der Waals surface area contributed by atoms with Crippen molar-refractivity contribution in [3.05, 3.63) is 40.7 Å². The van der Waals surface area contributed by atoms with E-state index in [1.165, 1.54) is 0 Å². The molecule has 5 heteroatoms. The predicted octanol–water partition coefficient (Wildman–Crippen LogP) is 1.20. The van der Waals surface area contributed by atoms with E-state index in [1.807, 2.05) is 12.1 Å².